The zero-order valence-corrected chi connectivity index (χ0v) is 2.76. The molecule has 0 saturated carbocycles. The van der Waals surface area contributed by atoms with E-state index in [4.69, 9.17) is 5.53 Å². The van der Waals surface area contributed by atoms with Gasteiger partial charge in [0, 0.05) is 11.5 Å². The lowest BCUT2D eigenvalue weighted by Crippen LogP contribution is -1.54. The van der Waals surface area contributed by atoms with E-state index < -0.39 is 0 Å². The van der Waals surface area contributed by atoms with Crippen LogP contribution in [0.1, 0.15) is 0 Å². The standard InChI is InChI=1S/C2H4N3/c1-2-4-5-3/h1-2H2. The van der Waals surface area contributed by atoms with Crippen LogP contribution in [0.25, 0.3) is 10.4 Å². The van der Waals surface area contributed by atoms with Crippen LogP contribution < -0.4 is 0 Å². The van der Waals surface area contributed by atoms with Gasteiger partial charge < -0.3 is 0 Å². The first kappa shape index (κ1) is 4.31. The van der Waals surface area contributed by atoms with Crippen LogP contribution in [0, 0.1) is 6.92 Å². The van der Waals surface area contributed by atoms with Crippen molar-refractivity contribution >= 4 is 0 Å². The second-order valence-electron chi connectivity index (χ2n) is 0.454. The van der Waals surface area contributed by atoms with Gasteiger partial charge in [0.2, 0.25) is 0 Å². The number of rotatable bonds is 1. The minimum absolute atomic E-state index is 0.302. The van der Waals surface area contributed by atoms with E-state index in [9.17, 15) is 0 Å². The monoisotopic (exact) mass is 70.0 g/mol. The van der Waals surface area contributed by atoms with E-state index >= 15 is 0 Å². The highest BCUT2D eigenvalue weighted by molar-refractivity contribution is 4.44. The Bertz CT molecular complexity index is 51.9. The smallest absolute Gasteiger partial charge is 0.0257 e. The Balaban J connectivity index is 2.93. The Morgan fingerprint density at radius 3 is 2.60 bits per heavy atom. The molecule has 0 amide bonds. The molecule has 0 aliphatic rings. The van der Waals surface area contributed by atoms with E-state index in [1.807, 2.05) is 0 Å². The molecule has 3 heteroatoms. The molecule has 0 atom stereocenters. The molecule has 0 aromatic carbocycles. The summed E-state index contributed by atoms with van der Waals surface area (Å²) in [6, 6.07) is 0. The van der Waals surface area contributed by atoms with E-state index in [-0.39, 0.29) is 0 Å². The summed E-state index contributed by atoms with van der Waals surface area (Å²) in [5, 5.41) is 3.04. The number of hydrogen-bond acceptors (Lipinski definition) is 1. The van der Waals surface area contributed by atoms with Gasteiger partial charge in [-0.2, -0.15) is 0 Å². The van der Waals surface area contributed by atoms with Gasteiger partial charge in [0.1, 0.15) is 0 Å². The van der Waals surface area contributed by atoms with Crippen LogP contribution in [0.5, 0.6) is 0 Å². The van der Waals surface area contributed by atoms with E-state index in [1.165, 1.54) is 0 Å². The van der Waals surface area contributed by atoms with Gasteiger partial charge in [-0.3, -0.25) is 0 Å². The third-order valence-corrected chi connectivity index (χ3v) is 0.163. The topological polar surface area (TPSA) is 48.8 Å². The summed E-state index contributed by atoms with van der Waals surface area (Å²) in [6.45, 7) is 3.56. The fourth-order valence-electron chi connectivity index (χ4n) is 0.0447. The van der Waals surface area contributed by atoms with Crippen LogP contribution in [-0.2, 0) is 0 Å². The largest absolute Gasteiger partial charge is 0.0940 e. The second kappa shape index (κ2) is 3.31. The van der Waals surface area contributed by atoms with Crippen molar-refractivity contribution < 1.29 is 0 Å². The number of azide groups is 1. The molecule has 0 aliphatic carbocycles. The summed E-state index contributed by atoms with van der Waals surface area (Å²) >= 11 is 0. The van der Waals surface area contributed by atoms with E-state index in [1.54, 1.807) is 0 Å². The highest BCUT2D eigenvalue weighted by Crippen LogP contribution is 1.60. The molecular weight excluding hydrogens is 66.0 g/mol. The molecule has 0 rings (SSSR count). The van der Waals surface area contributed by atoms with E-state index in [0.717, 1.165) is 0 Å². The Hall–Kier alpha value is -0.690. The third-order valence-electron chi connectivity index (χ3n) is 0.163. The summed E-state index contributed by atoms with van der Waals surface area (Å²) in [5.74, 6) is 0. The SMILES string of the molecule is [CH2]CN=[N+]=[N-]. The van der Waals surface area contributed by atoms with Crippen molar-refractivity contribution in [1.82, 2.24) is 0 Å². The van der Waals surface area contributed by atoms with Crippen LogP contribution in [0.2, 0.25) is 0 Å². The van der Waals surface area contributed by atoms with Crippen molar-refractivity contribution in [2.45, 2.75) is 0 Å². The minimum Gasteiger partial charge on any atom is -0.0940 e. The first-order chi connectivity index (χ1) is 2.41. The van der Waals surface area contributed by atoms with Gasteiger partial charge in [0.15, 0.2) is 0 Å². The lowest BCUT2D eigenvalue weighted by molar-refractivity contribution is 1.21. The van der Waals surface area contributed by atoms with Crippen LogP contribution in [0.4, 0.5) is 0 Å². The van der Waals surface area contributed by atoms with Crippen LogP contribution in [0.15, 0.2) is 5.11 Å². The van der Waals surface area contributed by atoms with Crippen LogP contribution in [-0.4, -0.2) is 6.54 Å². The minimum atomic E-state index is 0.302. The number of hydrogen-bond donors (Lipinski definition) is 0. The maximum Gasteiger partial charge on any atom is 0.0257 e. The van der Waals surface area contributed by atoms with Gasteiger partial charge in [-0.25, -0.2) is 0 Å². The molecule has 27 valence electrons. The lowest BCUT2D eigenvalue weighted by Gasteiger charge is -1.57. The quantitative estimate of drug-likeness (QED) is 0.252. The summed E-state index contributed by atoms with van der Waals surface area (Å²) in [4.78, 5) is 2.42. The van der Waals surface area contributed by atoms with Gasteiger partial charge in [0.25, 0.3) is 0 Å². The fourth-order valence-corrected chi connectivity index (χ4v) is 0.0447. The molecular formula is C2H4N3. The lowest BCUT2D eigenvalue weighted by atomic mass is 10.8. The first-order valence-corrected chi connectivity index (χ1v) is 1.22. The predicted octanol–water partition coefficient (Wildman–Crippen LogP) is 1.13. The maximum atomic E-state index is 7.48. The zero-order chi connectivity index (χ0) is 4.12. The molecule has 0 saturated heterocycles. The van der Waals surface area contributed by atoms with Gasteiger partial charge in [-0.15, -0.1) is 0 Å². The molecule has 0 bridgehead atoms. The summed E-state index contributed by atoms with van der Waals surface area (Å²) < 4.78 is 0. The normalized spacial score (nSPS) is 5.80. The average Bonchev–Trinajstić information content (AvgIpc) is 1.41. The molecule has 1 radical (unpaired) electrons. The van der Waals surface area contributed by atoms with Crippen molar-refractivity contribution in [3.05, 3.63) is 17.4 Å². The fraction of sp³-hybridized carbons (Fsp3) is 0.500. The van der Waals surface area contributed by atoms with Crippen molar-refractivity contribution in [3.63, 3.8) is 0 Å². The summed E-state index contributed by atoms with van der Waals surface area (Å²) in [6.07, 6.45) is 0. The van der Waals surface area contributed by atoms with Gasteiger partial charge in [-0.1, -0.05) is 5.11 Å². The molecule has 0 fully saturated rings. The first-order valence-electron chi connectivity index (χ1n) is 1.22. The number of nitrogens with zero attached hydrogens (tertiary/aromatic N) is 3. The maximum absolute atomic E-state index is 7.48. The Morgan fingerprint density at radius 1 is 2.00 bits per heavy atom. The van der Waals surface area contributed by atoms with Crippen molar-refractivity contribution in [3.8, 4) is 0 Å². The van der Waals surface area contributed by atoms with E-state index in [0.29, 0.717) is 6.54 Å². The van der Waals surface area contributed by atoms with Gasteiger partial charge in [0.05, 0.1) is 0 Å². The summed E-state index contributed by atoms with van der Waals surface area (Å²) in [7, 11) is 0. The Morgan fingerprint density at radius 2 is 2.60 bits per heavy atom. The van der Waals surface area contributed by atoms with E-state index in [2.05, 4.69) is 16.9 Å². The summed E-state index contributed by atoms with van der Waals surface area (Å²) in [5.41, 5.74) is 7.48. The molecule has 0 aromatic rings. The Kier molecular flexibility index (Phi) is 2.85. The zero-order valence-electron chi connectivity index (χ0n) is 2.76. The third kappa shape index (κ3) is 3.31. The molecule has 0 heterocycles. The van der Waals surface area contributed by atoms with Crippen LogP contribution in [0.3, 0.4) is 0 Å². The average molecular weight is 70.1 g/mol. The molecule has 0 spiro atoms. The molecule has 0 unspecified atom stereocenters. The van der Waals surface area contributed by atoms with Gasteiger partial charge in [-0.05, 0) is 12.5 Å². The van der Waals surface area contributed by atoms with Crippen molar-refractivity contribution in [1.29, 1.82) is 0 Å². The predicted molar refractivity (Wildman–Crippen MR) is 19.4 cm³/mol. The van der Waals surface area contributed by atoms with Crippen LogP contribution >= 0.6 is 0 Å². The molecule has 3 nitrogen and oxygen atoms in total. The molecule has 0 N–H and O–H groups in total. The van der Waals surface area contributed by atoms with Gasteiger partial charge >= 0.3 is 0 Å². The molecule has 0 aromatic heterocycles. The molecule has 5 heavy (non-hydrogen) atoms. The highest BCUT2D eigenvalue weighted by atomic mass is 15.1. The second-order valence-corrected chi connectivity index (χ2v) is 0.454. The molecule has 0 aliphatic heterocycles. The Labute approximate surface area is 30.2 Å². The van der Waals surface area contributed by atoms with Crippen molar-refractivity contribution in [2.75, 3.05) is 6.54 Å². The highest BCUT2D eigenvalue weighted by Gasteiger charge is 1.51. The van der Waals surface area contributed by atoms with Crippen molar-refractivity contribution in [2.24, 2.45) is 5.11 Å².